The van der Waals surface area contributed by atoms with Crippen molar-refractivity contribution in [2.75, 3.05) is 7.11 Å². The van der Waals surface area contributed by atoms with E-state index >= 15 is 0 Å². The Morgan fingerprint density at radius 3 is 2.26 bits per heavy atom. The highest BCUT2D eigenvalue weighted by molar-refractivity contribution is 5.66. The molecule has 0 saturated heterocycles. The Kier molecular flexibility index (Phi) is 5.66. The van der Waals surface area contributed by atoms with Crippen LogP contribution in [0.2, 0.25) is 0 Å². The number of hydrogen-bond donors (Lipinski definition) is 1. The molecular weight excluding hydrogens is 357 g/mol. The van der Waals surface area contributed by atoms with Crippen molar-refractivity contribution in [1.29, 1.82) is 0 Å². The Bertz CT molecular complexity index is 940. The van der Waals surface area contributed by atoms with Crippen molar-refractivity contribution < 1.29 is 27.8 Å². The molecule has 0 aliphatic rings. The lowest BCUT2D eigenvalue weighted by Crippen LogP contribution is -2.00. The third kappa shape index (κ3) is 4.06. The van der Waals surface area contributed by atoms with Gasteiger partial charge in [0, 0.05) is 11.1 Å². The molecule has 3 rings (SSSR count). The zero-order valence-electron chi connectivity index (χ0n) is 14.5. The first kappa shape index (κ1) is 18.8. The zero-order valence-corrected chi connectivity index (χ0v) is 14.5. The van der Waals surface area contributed by atoms with Crippen LogP contribution < -0.4 is 9.47 Å². The van der Waals surface area contributed by atoms with Crippen LogP contribution in [0.4, 0.5) is 13.2 Å². The number of benzene rings is 3. The number of methoxy groups -OCH3 is 1. The second kappa shape index (κ2) is 8.14. The Labute approximate surface area is 154 Å². The van der Waals surface area contributed by atoms with E-state index in [1.807, 2.05) is 0 Å². The molecule has 0 spiro atoms. The Balaban J connectivity index is 1.74. The van der Waals surface area contributed by atoms with E-state index in [1.54, 1.807) is 36.4 Å². The van der Waals surface area contributed by atoms with Crippen LogP contribution in [0, 0.1) is 17.5 Å². The first-order valence-corrected chi connectivity index (χ1v) is 8.17. The van der Waals surface area contributed by atoms with E-state index in [4.69, 9.17) is 14.6 Å². The van der Waals surface area contributed by atoms with E-state index in [1.165, 1.54) is 25.3 Å². The lowest BCUT2D eigenvalue weighted by molar-refractivity contribution is 0.279. The van der Waals surface area contributed by atoms with Crippen LogP contribution in [0.3, 0.4) is 0 Å². The van der Waals surface area contributed by atoms with Crippen molar-refractivity contribution in [2.45, 2.75) is 13.2 Å². The molecule has 0 aliphatic heterocycles. The van der Waals surface area contributed by atoms with E-state index in [-0.39, 0.29) is 24.5 Å². The Hall–Kier alpha value is -2.99. The van der Waals surface area contributed by atoms with Gasteiger partial charge in [0.05, 0.1) is 13.7 Å². The largest absolute Gasteiger partial charge is 0.494 e. The Morgan fingerprint density at radius 2 is 1.63 bits per heavy atom. The fourth-order valence-electron chi connectivity index (χ4n) is 2.61. The number of aliphatic hydroxyl groups is 1. The van der Waals surface area contributed by atoms with Crippen LogP contribution in [0.15, 0.2) is 54.6 Å². The van der Waals surface area contributed by atoms with Gasteiger partial charge in [-0.3, -0.25) is 0 Å². The number of rotatable bonds is 6. The van der Waals surface area contributed by atoms with Crippen molar-refractivity contribution in [1.82, 2.24) is 0 Å². The van der Waals surface area contributed by atoms with Gasteiger partial charge >= 0.3 is 0 Å². The second-order valence-electron chi connectivity index (χ2n) is 5.84. The molecule has 0 aliphatic carbocycles. The number of hydrogen-bond acceptors (Lipinski definition) is 3. The summed E-state index contributed by atoms with van der Waals surface area (Å²) in [5.74, 6) is -2.20. The summed E-state index contributed by atoms with van der Waals surface area (Å²) in [6.45, 7) is -0.232. The molecule has 0 unspecified atom stereocenters. The van der Waals surface area contributed by atoms with Gasteiger partial charge in [0.1, 0.15) is 18.2 Å². The first-order chi connectivity index (χ1) is 13.0. The molecule has 140 valence electrons. The van der Waals surface area contributed by atoms with E-state index in [0.717, 1.165) is 0 Å². The number of ether oxygens (including phenoxy) is 2. The first-order valence-electron chi connectivity index (χ1n) is 8.17. The van der Waals surface area contributed by atoms with E-state index in [2.05, 4.69) is 0 Å². The van der Waals surface area contributed by atoms with Gasteiger partial charge in [0.25, 0.3) is 0 Å². The fourth-order valence-corrected chi connectivity index (χ4v) is 2.61. The van der Waals surface area contributed by atoms with Gasteiger partial charge in [-0.1, -0.05) is 24.3 Å². The molecule has 0 amide bonds. The summed E-state index contributed by atoms with van der Waals surface area (Å²) < 4.78 is 52.2. The molecule has 0 bridgehead atoms. The summed E-state index contributed by atoms with van der Waals surface area (Å²) in [4.78, 5) is 0. The van der Waals surface area contributed by atoms with Crippen molar-refractivity contribution >= 4 is 0 Å². The molecule has 0 atom stereocenters. The average molecular weight is 374 g/mol. The lowest BCUT2D eigenvalue weighted by Gasteiger charge is -2.10. The molecular formula is C21H17F3O3. The lowest BCUT2D eigenvalue weighted by atomic mass is 10.0. The summed E-state index contributed by atoms with van der Waals surface area (Å²) >= 11 is 0. The number of aliphatic hydroxyl groups excluding tert-OH is 1. The van der Waals surface area contributed by atoms with Crippen LogP contribution >= 0.6 is 0 Å². The van der Waals surface area contributed by atoms with Crippen molar-refractivity contribution in [3.8, 4) is 22.6 Å². The number of halogens is 3. The molecule has 6 heteroatoms. The molecule has 27 heavy (non-hydrogen) atoms. The minimum atomic E-state index is -1.04. The van der Waals surface area contributed by atoms with Crippen LogP contribution in [0.25, 0.3) is 11.1 Å². The summed E-state index contributed by atoms with van der Waals surface area (Å²) in [7, 11) is 1.27. The molecule has 0 heterocycles. The normalized spacial score (nSPS) is 10.7. The summed E-state index contributed by atoms with van der Waals surface area (Å²) in [5.41, 5.74) is 1.40. The van der Waals surface area contributed by atoms with Gasteiger partial charge in [-0.2, -0.15) is 4.39 Å². The highest BCUT2D eigenvalue weighted by Gasteiger charge is 2.15. The van der Waals surface area contributed by atoms with Crippen LogP contribution in [-0.2, 0) is 13.2 Å². The minimum Gasteiger partial charge on any atom is -0.494 e. The molecule has 3 aromatic carbocycles. The van der Waals surface area contributed by atoms with E-state index in [9.17, 15) is 13.2 Å². The van der Waals surface area contributed by atoms with Gasteiger partial charge in [-0.15, -0.1) is 0 Å². The molecule has 0 saturated carbocycles. The van der Waals surface area contributed by atoms with Gasteiger partial charge in [-0.25, -0.2) is 8.78 Å². The maximum absolute atomic E-state index is 14.2. The molecule has 0 aromatic heterocycles. The highest BCUT2D eigenvalue weighted by atomic mass is 19.2. The SMILES string of the molecule is COc1ccc(-c2ccc(OCc3ccc(CO)cc3F)cc2)c(F)c1F. The standard InChI is InChI=1S/C21H17F3O3/c1-26-19-9-8-17(20(23)21(19)24)14-4-6-16(7-5-14)27-12-15-3-2-13(11-25)10-18(15)22/h2-10,25H,11-12H2,1H3. The Morgan fingerprint density at radius 1 is 0.889 bits per heavy atom. The third-order valence-electron chi connectivity index (χ3n) is 4.13. The van der Waals surface area contributed by atoms with Gasteiger partial charge < -0.3 is 14.6 Å². The van der Waals surface area contributed by atoms with E-state index in [0.29, 0.717) is 22.4 Å². The molecule has 0 fully saturated rings. The third-order valence-corrected chi connectivity index (χ3v) is 4.13. The smallest absolute Gasteiger partial charge is 0.201 e. The van der Waals surface area contributed by atoms with Gasteiger partial charge in [0.2, 0.25) is 5.82 Å². The van der Waals surface area contributed by atoms with Gasteiger partial charge in [-0.05, 0) is 41.5 Å². The molecule has 0 radical (unpaired) electrons. The van der Waals surface area contributed by atoms with Gasteiger partial charge in [0.15, 0.2) is 11.6 Å². The van der Waals surface area contributed by atoms with Crippen LogP contribution in [0.5, 0.6) is 11.5 Å². The topological polar surface area (TPSA) is 38.7 Å². The monoisotopic (exact) mass is 374 g/mol. The maximum atomic E-state index is 14.2. The van der Waals surface area contributed by atoms with Crippen molar-refractivity contribution in [3.05, 3.63) is 83.2 Å². The maximum Gasteiger partial charge on any atom is 0.201 e. The van der Waals surface area contributed by atoms with Crippen LogP contribution in [0.1, 0.15) is 11.1 Å². The summed E-state index contributed by atoms with van der Waals surface area (Å²) in [6.07, 6.45) is 0. The summed E-state index contributed by atoms with van der Waals surface area (Å²) in [5, 5.41) is 8.99. The average Bonchev–Trinajstić information content (AvgIpc) is 2.69. The van der Waals surface area contributed by atoms with Crippen molar-refractivity contribution in [3.63, 3.8) is 0 Å². The minimum absolute atomic E-state index is 0.00239. The molecule has 1 N–H and O–H groups in total. The predicted molar refractivity (Wildman–Crippen MR) is 95.0 cm³/mol. The predicted octanol–water partition coefficient (Wildman–Crippen LogP) is 4.85. The van der Waals surface area contributed by atoms with Crippen LogP contribution in [-0.4, -0.2) is 12.2 Å². The molecule has 3 nitrogen and oxygen atoms in total. The fraction of sp³-hybridized carbons (Fsp3) is 0.143. The highest BCUT2D eigenvalue weighted by Crippen LogP contribution is 2.30. The second-order valence-corrected chi connectivity index (χ2v) is 5.84. The summed E-state index contributed by atoms with van der Waals surface area (Å²) in [6, 6.07) is 13.6. The van der Waals surface area contributed by atoms with Crippen molar-refractivity contribution in [2.24, 2.45) is 0 Å². The molecule has 3 aromatic rings. The quantitative estimate of drug-likeness (QED) is 0.670. The zero-order chi connectivity index (χ0) is 19.4. The van der Waals surface area contributed by atoms with E-state index < -0.39 is 17.5 Å².